The van der Waals surface area contributed by atoms with Crippen molar-refractivity contribution in [1.82, 2.24) is 18.8 Å². The molecule has 1 aromatic heterocycles. The van der Waals surface area contributed by atoms with Gasteiger partial charge in [0.2, 0.25) is 0 Å². The fourth-order valence-electron chi connectivity index (χ4n) is 3.22. The van der Waals surface area contributed by atoms with Crippen LogP contribution >= 0.6 is 0 Å². The van der Waals surface area contributed by atoms with Crippen LogP contribution in [0.2, 0.25) is 0 Å². The molecule has 1 atom stereocenters. The number of hydrogen-bond donors (Lipinski definition) is 5. The molecule has 0 spiro atoms. The Hall–Kier alpha value is -2.25. The molecule has 170 valence electrons. The zero-order valence-corrected chi connectivity index (χ0v) is 19.8. The van der Waals surface area contributed by atoms with Gasteiger partial charge in [-0.2, -0.15) is 0 Å². The Morgan fingerprint density at radius 2 is 2.13 bits per heavy atom. The molecule has 1 saturated heterocycles. The number of nitrogens with one attached hydrogen (secondary N) is 3. The molecule has 0 radical (unpaired) electrons. The van der Waals surface area contributed by atoms with E-state index in [1.165, 1.54) is 18.5 Å². The minimum absolute atomic E-state index is 0.239. The summed E-state index contributed by atoms with van der Waals surface area (Å²) in [5, 5.41) is 12.7. The first-order chi connectivity index (χ1) is 14.7. The molecule has 0 aliphatic carbocycles. The van der Waals surface area contributed by atoms with Gasteiger partial charge in [-0.05, 0) is 0 Å². The van der Waals surface area contributed by atoms with E-state index in [-0.39, 0.29) is 17.4 Å². The average Bonchev–Trinajstić information content (AvgIpc) is 3.24. The summed E-state index contributed by atoms with van der Waals surface area (Å²) in [6.07, 6.45) is 3.99. The molecule has 31 heavy (non-hydrogen) atoms. The van der Waals surface area contributed by atoms with E-state index in [9.17, 15) is 9.90 Å². The van der Waals surface area contributed by atoms with Crippen LogP contribution in [0.5, 0.6) is 0 Å². The van der Waals surface area contributed by atoms with Gasteiger partial charge in [0.1, 0.15) is 0 Å². The molecular weight excluding hydrogens is 518 g/mol. The third-order valence-corrected chi connectivity index (χ3v) is 6.27. The molecule has 2 heterocycles. The zero-order valence-electron chi connectivity index (χ0n) is 17.6. The molecule has 0 bridgehead atoms. The fourth-order valence-corrected chi connectivity index (χ4v) is 4.66. The molecule has 1 aliphatic heterocycles. The summed E-state index contributed by atoms with van der Waals surface area (Å²) in [6, 6.07) is 1.23. The van der Waals surface area contributed by atoms with Crippen LogP contribution in [0, 0.1) is 5.82 Å². The molecule has 2 aromatic rings. The predicted molar refractivity (Wildman–Crippen MR) is 111 cm³/mol. The first-order valence-corrected chi connectivity index (χ1v) is 12.1. The quantitative estimate of drug-likeness (QED) is 0.182. The number of nitrogens with two attached hydrogens (primary N) is 1. The summed E-state index contributed by atoms with van der Waals surface area (Å²) >= 11 is -1.02. The van der Waals surface area contributed by atoms with E-state index in [0.29, 0.717) is 42.1 Å². The van der Waals surface area contributed by atoms with E-state index in [1.807, 2.05) is 6.92 Å². The van der Waals surface area contributed by atoms with E-state index < -0.39 is 39.3 Å². The molecule has 0 saturated carbocycles. The molecule has 1 fully saturated rings. The van der Waals surface area contributed by atoms with E-state index in [2.05, 4.69) is 22.3 Å². The predicted octanol–water partition coefficient (Wildman–Crippen LogP) is -0.406. The SMILES string of the molecule is CCNC(=O)N[I-]Nc1c(N)cc(-c2cnc(C(C)(C)O)nc2)c(F)c1[C@H]1CCCO1. The maximum atomic E-state index is 15.7. The van der Waals surface area contributed by atoms with Gasteiger partial charge >= 0.3 is 192 Å². The van der Waals surface area contributed by atoms with Gasteiger partial charge < -0.3 is 0 Å². The van der Waals surface area contributed by atoms with Crippen molar-refractivity contribution in [1.29, 1.82) is 0 Å². The van der Waals surface area contributed by atoms with Crippen molar-refractivity contribution in [3.63, 3.8) is 0 Å². The number of hydrogen-bond acceptors (Lipinski definition) is 7. The third kappa shape index (κ3) is 5.52. The molecule has 1 aromatic carbocycles. The number of urea groups is 1. The summed E-state index contributed by atoms with van der Waals surface area (Å²) in [7, 11) is 0. The van der Waals surface area contributed by atoms with E-state index in [0.717, 1.165) is 6.42 Å². The Morgan fingerprint density at radius 3 is 2.71 bits per heavy atom. The van der Waals surface area contributed by atoms with Gasteiger partial charge in [-0.15, -0.1) is 0 Å². The van der Waals surface area contributed by atoms with Crippen molar-refractivity contribution >= 4 is 17.4 Å². The molecule has 6 N–H and O–H groups in total. The average molecular weight is 545 g/mol. The van der Waals surface area contributed by atoms with Gasteiger partial charge in [-0.25, -0.2) is 0 Å². The number of amides is 2. The first-order valence-electron chi connectivity index (χ1n) is 9.93. The number of nitrogen functional groups attached to an aromatic ring is 1. The summed E-state index contributed by atoms with van der Waals surface area (Å²) in [4.78, 5) is 20.0. The van der Waals surface area contributed by atoms with Crippen LogP contribution in [-0.4, -0.2) is 34.3 Å². The van der Waals surface area contributed by atoms with Crippen LogP contribution in [-0.2, 0) is 10.3 Å². The molecule has 1 aliphatic rings. The van der Waals surface area contributed by atoms with Crippen molar-refractivity contribution in [3.8, 4) is 11.1 Å². The second-order valence-corrected chi connectivity index (χ2v) is 9.23. The molecule has 0 unspecified atom stereocenters. The van der Waals surface area contributed by atoms with Crippen LogP contribution in [0.3, 0.4) is 0 Å². The first kappa shape index (κ1) is 23.4. The maximum absolute atomic E-state index is 15.7. The Bertz CT molecular complexity index is 930. The molecular formula is C20H27FIN6O3-. The topological polar surface area (TPSA) is 134 Å². The molecule has 3 rings (SSSR count). The molecule has 9 nitrogen and oxygen atoms in total. The number of halogens is 2. The van der Waals surface area contributed by atoms with Gasteiger partial charge in [0.15, 0.2) is 0 Å². The minimum atomic E-state index is -1.20. The standard InChI is InChI=1S/C20H27FIN6O3/c1-4-24-19(29)28-22-27-17-13(23)8-12(16(21)15(17)14-6-5-7-31-14)11-9-25-18(26-10-11)20(2,3)30/h8-10,14,27,30H,4-7,23H2,1-3H3,(H2,24,28,29)/q-1/t14-/m1/s1. The number of aliphatic hydroxyl groups is 1. The second kappa shape index (κ2) is 9.92. The number of carbonyl (C=O) groups excluding carboxylic acids is 1. The fraction of sp³-hybridized carbons (Fsp3) is 0.450. The van der Waals surface area contributed by atoms with Crippen molar-refractivity contribution in [3.05, 3.63) is 35.7 Å². The van der Waals surface area contributed by atoms with Crippen molar-refractivity contribution < 1.29 is 40.8 Å². The number of aromatic nitrogens is 2. The Kier molecular flexibility index (Phi) is 7.49. The van der Waals surface area contributed by atoms with Gasteiger partial charge in [-0.1, -0.05) is 0 Å². The van der Waals surface area contributed by atoms with Gasteiger partial charge in [0, 0.05) is 0 Å². The number of anilines is 2. The van der Waals surface area contributed by atoms with Crippen LogP contribution < -0.4 is 39.9 Å². The number of benzene rings is 1. The number of nitrogens with zero attached hydrogens (tertiary/aromatic N) is 2. The van der Waals surface area contributed by atoms with Crippen molar-refractivity contribution in [2.75, 3.05) is 22.4 Å². The van der Waals surface area contributed by atoms with Gasteiger partial charge in [0.05, 0.1) is 0 Å². The number of carbonyl (C=O) groups is 1. The second-order valence-electron chi connectivity index (χ2n) is 7.61. The van der Waals surface area contributed by atoms with Crippen molar-refractivity contribution in [2.24, 2.45) is 0 Å². The number of rotatable bonds is 7. The summed E-state index contributed by atoms with van der Waals surface area (Å²) in [6.45, 7) is 6.04. The number of ether oxygens (including phenoxy) is 1. The normalized spacial score (nSPS) is 16.4. The van der Waals surface area contributed by atoms with Crippen LogP contribution in [0.25, 0.3) is 11.1 Å². The summed E-state index contributed by atoms with van der Waals surface area (Å²) in [5.41, 5.74) is 6.91. The third-order valence-electron chi connectivity index (χ3n) is 4.70. The van der Waals surface area contributed by atoms with Gasteiger partial charge in [0.25, 0.3) is 0 Å². The van der Waals surface area contributed by atoms with Crippen LogP contribution in [0.4, 0.5) is 20.6 Å². The van der Waals surface area contributed by atoms with Crippen molar-refractivity contribution in [2.45, 2.75) is 45.3 Å². The zero-order chi connectivity index (χ0) is 22.6. The summed E-state index contributed by atoms with van der Waals surface area (Å²) < 4.78 is 27.3. The van der Waals surface area contributed by atoms with Gasteiger partial charge in [-0.3, -0.25) is 0 Å². The van der Waals surface area contributed by atoms with E-state index in [4.69, 9.17) is 10.5 Å². The van der Waals surface area contributed by atoms with Crippen LogP contribution in [0.15, 0.2) is 18.5 Å². The Labute approximate surface area is 191 Å². The van der Waals surface area contributed by atoms with E-state index >= 15 is 4.39 Å². The Morgan fingerprint density at radius 1 is 1.42 bits per heavy atom. The molecule has 2 amide bonds. The monoisotopic (exact) mass is 545 g/mol. The summed E-state index contributed by atoms with van der Waals surface area (Å²) in [5.74, 6) is -0.228. The molecule has 11 heteroatoms. The van der Waals surface area contributed by atoms with E-state index in [1.54, 1.807) is 13.8 Å². The Balaban J connectivity index is 1.96. The van der Waals surface area contributed by atoms with Crippen LogP contribution in [0.1, 0.15) is 51.1 Å².